The lowest BCUT2D eigenvalue weighted by Crippen LogP contribution is -2.76. The lowest BCUT2D eigenvalue weighted by Gasteiger charge is -2.55. The monoisotopic (exact) mass is 1920 g/mol. The van der Waals surface area contributed by atoms with Gasteiger partial charge in [0.15, 0.2) is 19.6 Å². The molecule has 0 aromatic heterocycles. The number of nitrogens with two attached hydrogens (primary N) is 3. The van der Waals surface area contributed by atoms with Gasteiger partial charge in [-0.15, -0.1) is 0 Å². The van der Waals surface area contributed by atoms with E-state index in [1.807, 2.05) is 55.5 Å². The average Bonchev–Trinajstić information content (AvgIpc) is 1.52. The first-order valence-corrected chi connectivity index (χ1v) is 51.3. The molecule has 15 fully saturated rings. The van der Waals surface area contributed by atoms with Crippen molar-refractivity contribution in [2.45, 2.75) is 171 Å². The topological polar surface area (TPSA) is 445 Å². The molecule has 138 heavy (non-hydrogen) atoms. The number of piperazine rings is 9. The highest BCUT2D eigenvalue weighted by Crippen LogP contribution is 2.60. The number of rotatable bonds is 28. The molecule has 16 aliphatic heterocycles. The maximum Gasteiger partial charge on any atom is 0.352 e. The first-order chi connectivity index (χ1) is 65.9. The third kappa shape index (κ3) is 15.8. The molecule has 5 aromatic rings. The van der Waals surface area contributed by atoms with Crippen LogP contribution in [0.3, 0.4) is 0 Å². The number of quaternary nitrogens is 6. The maximum absolute atomic E-state index is 14.4. The molecule has 25 rings (SSSR count). The zero-order valence-electron chi connectivity index (χ0n) is 79.4. The Morgan fingerprint density at radius 2 is 0.899 bits per heavy atom. The van der Waals surface area contributed by atoms with Gasteiger partial charge >= 0.3 is 23.9 Å². The number of carboxylic acids is 3. The highest BCUT2D eigenvalue weighted by Gasteiger charge is 2.67. The minimum absolute atomic E-state index is 0.00541. The van der Waals surface area contributed by atoms with Gasteiger partial charge in [-0.1, -0.05) is 67.1 Å². The van der Waals surface area contributed by atoms with Gasteiger partial charge in [-0.25, -0.2) is 27.6 Å². The average molecular weight is 1920 g/mol. The smallest absolute Gasteiger partial charge is 0.352 e. The Morgan fingerprint density at radius 3 is 1.36 bits per heavy atom. The predicted molar refractivity (Wildman–Crippen MR) is 503 cm³/mol. The number of carbonyl (C=O) groups excluding carboxylic acids is 7. The lowest BCUT2D eigenvalue weighted by atomic mass is 9.71. The maximum atomic E-state index is 14.4. The van der Waals surface area contributed by atoms with Crippen LogP contribution in [0.5, 0.6) is 11.5 Å². The molecule has 734 valence electrons. The standard InChI is InChI=1S/C40H46N4O8.C33H39N5O7S.C30H40N4O6/c1-23(45)34-37-27-8-4-10-31(36(27)38(40(49)50)42(37)39(34)48)52-30-9-3-7-25-29(21-33(47)51-2)28-20-24(11-12-26(28)35(25)30)6-5-13-43-14-17-44(18-15-43,19-16-43)22-32(41)46;1-19(39)27-30-22-5-3-7-24(29(22)31(33(42)43)35(30)32(27)41)36-23-6-2-4-21-20(8-9-25(28(21)23)46(36,44)45)10-11-37-12-15-38(16-13-37,17-14-37)18-26(34)40;1-18-16-20(8-9-33-10-13-34(14-11-33,15-12-33)17-24(31)36)6-7-22(18)40-23-5-3-4-21-26(23)28(30(38)39)32-27(21)25(19(2)35)29(32)37/h3,7,9,11-12,20-21,23,27,31,34,37,45H,4-6,8,10,13-19,22H2,1-2H3,(H-2,41,46,49,50);2,4,6,8-9,19,22,24,27,30,39H,3,5,7,10-18H2,1H3,(H-2,34,40,42,43);6-7,16,19,21,23,25,27,35H,3-5,8-15,17H2,1-2H3,(H-2,31,36,38,39)/p+6/t23?,27-,31?,34?,37?,43?,44?;19?,22-,24?,27+,30?,37?,38?;19?,21-,23?,25?,27?,33?,34?/m000/s1. The molecule has 0 radical (unpaired) electrons. The summed E-state index contributed by atoms with van der Waals surface area (Å²) >= 11 is 0. The number of ether oxygens (including phenoxy) is 3. The van der Waals surface area contributed by atoms with E-state index in [4.69, 9.17) is 31.4 Å². The minimum atomic E-state index is -4.01. The number of esters is 1. The van der Waals surface area contributed by atoms with Crippen LogP contribution in [0.15, 0.2) is 130 Å². The summed E-state index contributed by atoms with van der Waals surface area (Å²) in [7, 11) is -2.65. The predicted octanol–water partition coefficient (Wildman–Crippen LogP) is 4.02. The summed E-state index contributed by atoms with van der Waals surface area (Å²) in [5.41, 5.74) is 27.8. The van der Waals surface area contributed by atoms with Crippen molar-refractivity contribution in [3.05, 3.63) is 158 Å². The van der Waals surface area contributed by atoms with Gasteiger partial charge in [0.05, 0.1) is 97.6 Å². The molecule has 6 amide bonds. The van der Waals surface area contributed by atoms with Gasteiger partial charge in [0.2, 0.25) is 17.7 Å². The fourth-order valence-corrected chi connectivity index (χ4v) is 30.5. The molecule has 35 heteroatoms. The number of anilines is 1. The van der Waals surface area contributed by atoms with Crippen LogP contribution < -0.4 is 31.0 Å². The van der Waals surface area contributed by atoms with Gasteiger partial charge in [0.25, 0.3) is 27.7 Å². The highest BCUT2D eigenvalue weighted by atomic mass is 32.2. The van der Waals surface area contributed by atoms with E-state index in [9.17, 15) is 87.0 Å². The Kier molecular flexibility index (Phi) is 24.2. The highest BCUT2D eigenvalue weighted by molar-refractivity contribution is 7.93. The van der Waals surface area contributed by atoms with Gasteiger partial charge in [-0.2, -0.15) is 0 Å². The number of amides is 6. The van der Waals surface area contributed by atoms with E-state index in [2.05, 4.69) is 30.3 Å². The Hall–Kier alpha value is -11.0. The number of aliphatic carboxylic acids is 3. The fraction of sp³-hybridized carbons (Fsp3) is 0.553. The SMILES string of the molecule is CC(O)[C@H]1C(=O)N2C(C(=O)O)=C3C(N4c5cccc6c(CC[N+]78CC[N+](CC(N)=O)(CC7)CC8)ccc(c56)S4(=O)=O)CCC[C@@H]3C12.COC(=O)C=C1c2cc(CCC[N+]34CC[N+](CC(N)=O)(CC3)CC4)ccc2-c2c(OC3CCC[C@H]4C3=C(C(=O)O)N3C(=O)C(C(C)O)C43)cccc21.Cc1cc(CC[N+]23CC[N+](CC(N)=O)(CC2)CC3)ccc1OC1CCC[C@H]2C1=C(C(=O)O)N1C(=O)C(C(C)O)C21. The molecule has 3 saturated carbocycles. The Morgan fingerprint density at radius 1 is 0.471 bits per heavy atom. The van der Waals surface area contributed by atoms with Crippen molar-refractivity contribution < 1.29 is 128 Å². The summed E-state index contributed by atoms with van der Waals surface area (Å²) < 4.78 is 54.2. The number of aryl methyl sites for hydroxylation is 2. The number of fused-ring (bicyclic) bond motifs is 21. The molecule has 6 bridgehead atoms. The number of carbonyl (C=O) groups is 10. The molecule has 0 spiro atoms. The summed E-state index contributed by atoms with van der Waals surface area (Å²) in [4.78, 5) is 128. The molecule has 11 unspecified atom stereocenters. The first kappa shape index (κ1) is 94.6. The van der Waals surface area contributed by atoms with E-state index in [1.165, 1.54) is 43.3 Å². The van der Waals surface area contributed by atoms with Crippen molar-refractivity contribution in [3.63, 3.8) is 0 Å². The van der Waals surface area contributed by atoms with Crippen LogP contribution in [-0.4, -0.2) is 359 Å². The quantitative estimate of drug-likeness (QED) is 0.0145. The van der Waals surface area contributed by atoms with Crippen LogP contribution in [0.25, 0.3) is 27.5 Å². The van der Waals surface area contributed by atoms with Crippen LogP contribution in [0.2, 0.25) is 0 Å². The molecule has 20 aliphatic rings. The van der Waals surface area contributed by atoms with Crippen molar-refractivity contribution >= 4 is 91.4 Å². The Bertz CT molecular complexity index is 6150. The summed E-state index contributed by atoms with van der Waals surface area (Å²) in [6, 6.07) is 25.9. The van der Waals surface area contributed by atoms with Gasteiger partial charge in [-0.3, -0.25) is 33.1 Å². The van der Waals surface area contributed by atoms with Crippen LogP contribution in [-0.2, 0) is 82.0 Å². The molecule has 4 aliphatic carbocycles. The number of sulfonamides is 1. The number of carboxylic acid groups (broad SMARTS) is 3. The Balaban J connectivity index is 0.000000129. The van der Waals surface area contributed by atoms with E-state index in [0.717, 1.165) is 266 Å². The summed E-state index contributed by atoms with van der Waals surface area (Å²) in [5.74, 6) is -6.82. The van der Waals surface area contributed by atoms with Crippen LogP contribution >= 0.6 is 0 Å². The van der Waals surface area contributed by atoms with Gasteiger partial charge in [-0.05, 0) is 165 Å². The summed E-state index contributed by atoms with van der Waals surface area (Å²) in [6.07, 6.45) is 7.90. The number of aliphatic hydroxyl groups excluding tert-OH is 3. The minimum Gasteiger partial charge on any atom is -0.486 e. The van der Waals surface area contributed by atoms with Crippen LogP contribution in [0.4, 0.5) is 5.69 Å². The summed E-state index contributed by atoms with van der Waals surface area (Å²) in [5, 5.41) is 63.3. The molecule has 16 heterocycles. The number of primary amides is 3. The molecule has 12 N–H and O–H groups in total. The van der Waals surface area contributed by atoms with Gasteiger partial charge < -0.3 is 104 Å². The fourth-order valence-electron chi connectivity index (χ4n) is 28.6. The zero-order chi connectivity index (χ0) is 97.3. The van der Waals surface area contributed by atoms with Crippen molar-refractivity contribution in [3.8, 4) is 22.6 Å². The van der Waals surface area contributed by atoms with Crippen molar-refractivity contribution in [1.82, 2.24) is 14.7 Å². The van der Waals surface area contributed by atoms with Crippen molar-refractivity contribution in [2.24, 2.45) is 52.7 Å². The van der Waals surface area contributed by atoms with E-state index >= 15 is 0 Å². The third-order valence-corrected chi connectivity index (χ3v) is 37.7. The number of aliphatic hydroxyl groups is 3. The first-order valence-electron chi connectivity index (χ1n) is 49.9. The molecule has 34 nitrogen and oxygen atoms in total. The molecule has 5 aromatic carbocycles. The summed E-state index contributed by atoms with van der Waals surface area (Å²) in [6.45, 7) is 29.6. The van der Waals surface area contributed by atoms with Crippen LogP contribution in [0, 0.1) is 42.4 Å². The number of hydrogen-bond donors (Lipinski definition) is 9. The molecule has 12 saturated heterocycles. The second kappa shape index (κ2) is 35.4. The van der Waals surface area contributed by atoms with Gasteiger partial charge in [0, 0.05) is 65.2 Å². The Labute approximate surface area is 802 Å². The molecule has 15 atom stereocenters. The van der Waals surface area contributed by atoms with E-state index in [0.29, 0.717) is 85.3 Å². The number of nitrogens with zero attached hydrogens (tertiary/aromatic N) is 10. The van der Waals surface area contributed by atoms with Gasteiger partial charge in [0.1, 0.15) is 159 Å². The number of benzene rings is 5. The number of β-lactam (4-membered cyclic amide) rings is 3. The van der Waals surface area contributed by atoms with Crippen molar-refractivity contribution in [2.75, 3.05) is 168 Å². The number of hydrogen-bond acceptors (Lipinski definition) is 18. The van der Waals surface area contributed by atoms with E-state index < -0.39 is 100 Å². The lowest BCUT2D eigenvalue weighted by molar-refractivity contribution is -1.08. The molecular formula is C103H131N13O21S+6. The normalized spacial score (nSPS) is 33.4. The van der Waals surface area contributed by atoms with Crippen LogP contribution in [0.1, 0.15) is 118 Å². The largest absolute Gasteiger partial charge is 0.486 e. The second-order valence-electron chi connectivity index (χ2n) is 43.2. The van der Waals surface area contributed by atoms with Crippen molar-refractivity contribution in [1.29, 1.82) is 0 Å². The third-order valence-electron chi connectivity index (χ3n) is 35.8. The molecular weight excluding hydrogens is 1790 g/mol. The number of methoxy groups -OCH3 is 1. The van der Waals surface area contributed by atoms with E-state index in [-0.39, 0.29) is 81.4 Å². The van der Waals surface area contributed by atoms with E-state index in [1.54, 1.807) is 26.8 Å². The second-order valence-corrected chi connectivity index (χ2v) is 45.0. The zero-order valence-corrected chi connectivity index (χ0v) is 80.2.